The molecule has 0 aromatic carbocycles. The Balaban J connectivity index is 2.55. The van der Waals surface area contributed by atoms with Crippen LogP contribution in [0.1, 0.15) is 25.8 Å². The number of esters is 1. The van der Waals surface area contributed by atoms with Crippen molar-refractivity contribution >= 4 is 35.0 Å². The van der Waals surface area contributed by atoms with Crippen LogP contribution in [0.5, 0.6) is 0 Å². The van der Waals surface area contributed by atoms with E-state index in [1.165, 1.54) is 17.4 Å². The van der Waals surface area contributed by atoms with Crippen LogP contribution in [0.4, 0.5) is 0 Å². The first-order valence-corrected chi connectivity index (χ1v) is 5.59. The third-order valence-corrected chi connectivity index (χ3v) is 2.34. The van der Waals surface area contributed by atoms with Crippen LogP contribution in [0.3, 0.4) is 0 Å². The number of carbonyl (C=O) groups is 1. The summed E-state index contributed by atoms with van der Waals surface area (Å²) in [5.41, 5.74) is -0.470. The summed E-state index contributed by atoms with van der Waals surface area (Å²) in [6.45, 7) is 5.46. The lowest BCUT2D eigenvalue weighted by Gasteiger charge is -2.17. The number of nitrogens with zero attached hydrogens (tertiary/aromatic N) is 1. The molecule has 5 heteroatoms. The number of carbonyl (C=O) groups excluding carboxylic acids is 1. The third-order valence-electron chi connectivity index (χ3n) is 1.26. The van der Waals surface area contributed by atoms with Gasteiger partial charge in [-0.15, -0.1) is 11.3 Å². The number of rotatable bonds is 2. The zero-order valence-electron chi connectivity index (χ0n) is 8.78. The zero-order valence-corrected chi connectivity index (χ0v) is 10.4. The van der Waals surface area contributed by atoms with Crippen molar-refractivity contribution in [2.75, 3.05) is 0 Å². The van der Waals surface area contributed by atoms with Crippen molar-refractivity contribution in [3.63, 3.8) is 0 Å². The number of aromatic nitrogens is 1. The Labute approximate surface area is 97.7 Å². The first-order valence-electron chi connectivity index (χ1n) is 4.39. The normalized spacial score (nSPS) is 12.0. The van der Waals surface area contributed by atoms with Crippen molar-refractivity contribution in [1.82, 2.24) is 4.98 Å². The smallest absolute Gasteiger partial charge is 0.331 e. The maximum Gasteiger partial charge on any atom is 0.331 e. The maximum absolute atomic E-state index is 11.3. The minimum atomic E-state index is -0.470. The molecule has 0 N–H and O–H groups in total. The summed E-state index contributed by atoms with van der Waals surface area (Å²) in [4.78, 5) is 15.2. The van der Waals surface area contributed by atoms with Gasteiger partial charge in [0.1, 0.15) is 14.9 Å². The van der Waals surface area contributed by atoms with Gasteiger partial charge in [0.25, 0.3) is 0 Å². The highest BCUT2D eigenvalue weighted by Crippen LogP contribution is 2.19. The predicted molar refractivity (Wildman–Crippen MR) is 62.0 cm³/mol. The van der Waals surface area contributed by atoms with Crippen molar-refractivity contribution in [3.8, 4) is 0 Å². The molecule has 0 radical (unpaired) electrons. The molecule has 0 amide bonds. The summed E-state index contributed by atoms with van der Waals surface area (Å²) >= 11 is 7.00. The quantitative estimate of drug-likeness (QED) is 0.594. The molecule has 0 unspecified atom stereocenters. The average Bonchev–Trinajstić information content (AvgIpc) is 2.45. The summed E-state index contributed by atoms with van der Waals surface area (Å²) in [7, 11) is 0. The number of thiazole rings is 1. The highest BCUT2D eigenvalue weighted by molar-refractivity contribution is 7.16. The standard InChI is InChI=1S/C10H12ClNO2S/c1-10(2,3)14-9(13)5-4-8-12-6-7(11)15-8/h4-6H,1-3H3. The van der Waals surface area contributed by atoms with E-state index in [0.29, 0.717) is 9.34 Å². The molecule has 1 rings (SSSR count). The summed E-state index contributed by atoms with van der Waals surface area (Å²) in [5, 5.41) is 0.686. The second kappa shape index (κ2) is 4.77. The Bertz CT molecular complexity index is 379. The summed E-state index contributed by atoms with van der Waals surface area (Å²) in [6.07, 6.45) is 4.48. The molecule has 82 valence electrons. The molecule has 0 aliphatic heterocycles. The molecule has 0 aliphatic rings. The van der Waals surface area contributed by atoms with Gasteiger partial charge in [-0.1, -0.05) is 11.6 Å². The number of hydrogen-bond acceptors (Lipinski definition) is 4. The molecule has 0 atom stereocenters. The van der Waals surface area contributed by atoms with E-state index in [4.69, 9.17) is 16.3 Å². The van der Waals surface area contributed by atoms with E-state index in [1.807, 2.05) is 20.8 Å². The van der Waals surface area contributed by atoms with Crippen LogP contribution in [-0.4, -0.2) is 16.6 Å². The highest BCUT2D eigenvalue weighted by Gasteiger charge is 2.13. The van der Waals surface area contributed by atoms with Crippen LogP contribution in [0.25, 0.3) is 6.08 Å². The fourth-order valence-electron chi connectivity index (χ4n) is 0.819. The molecule has 0 bridgehead atoms. The van der Waals surface area contributed by atoms with Gasteiger partial charge in [-0.25, -0.2) is 9.78 Å². The average molecular weight is 246 g/mol. The molecule has 0 aliphatic carbocycles. The zero-order chi connectivity index (χ0) is 11.5. The third kappa shape index (κ3) is 4.95. The summed E-state index contributed by atoms with van der Waals surface area (Å²) in [5.74, 6) is -0.381. The Hall–Kier alpha value is -0.870. The van der Waals surface area contributed by atoms with Crippen LogP contribution in [0.15, 0.2) is 12.3 Å². The first-order chi connectivity index (χ1) is 6.87. The Kier molecular flexibility index (Phi) is 3.88. The second-order valence-corrected chi connectivity index (χ2v) is 5.56. The van der Waals surface area contributed by atoms with Crippen LogP contribution >= 0.6 is 22.9 Å². The van der Waals surface area contributed by atoms with Gasteiger partial charge in [0.2, 0.25) is 0 Å². The van der Waals surface area contributed by atoms with E-state index in [9.17, 15) is 4.79 Å². The van der Waals surface area contributed by atoms with Gasteiger partial charge in [-0.3, -0.25) is 0 Å². The largest absolute Gasteiger partial charge is 0.457 e. The van der Waals surface area contributed by atoms with E-state index in [-0.39, 0.29) is 5.97 Å². The summed E-state index contributed by atoms with van der Waals surface area (Å²) in [6, 6.07) is 0. The van der Waals surface area contributed by atoms with Crippen LogP contribution in [-0.2, 0) is 9.53 Å². The molecule has 15 heavy (non-hydrogen) atoms. The van der Waals surface area contributed by atoms with Crippen LogP contribution < -0.4 is 0 Å². The molecule has 1 aromatic rings. The van der Waals surface area contributed by atoms with E-state index in [0.717, 1.165) is 0 Å². The molecule has 1 aromatic heterocycles. The molecule has 0 spiro atoms. The molecular formula is C10H12ClNO2S. The SMILES string of the molecule is CC(C)(C)OC(=O)C=Cc1ncc(Cl)s1. The van der Waals surface area contributed by atoms with Gasteiger partial charge in [0, 0.05) is 6.08 Å². The molecular weight excluding hydrogens is 234 g/mol. The van der Waals surface area contributed by atoms with Gasteiger partial charge in [-0.2, -0.15) is 0 Å². The van der Waals surface area contributed by atoms with Crippen molar-refractivity contribution in [2.45, 2.75) is 26.4 Å². The topological polar surface area (TPSA) is 39.2 Å². The van der Waals surface area contributed by atoms with Crippen molar-refractivity contribution in [3.05, 3.63) is 21.6 Å². The Morgan fingerprint density at radius 3 is 2.73 bits per heavy atom. The lowest BCUT2D eigenvalue weighted by molar-refractivity contribution is -0.148. The fourth-order valence-corrected chi connectivity index (χ4v) is 1.65. The first kappa shape index (κ1) is 12.2. The highest BCUT2D eigenvalue weighted by atomic mass is 35.5. The second-order valence-electron chi connectivity index (χ2n) is 3.87. The van der Waals surface area contributed by atoms with Gasteiger partial charge in [0.05, 0.1) is 6.20 Å². The van der Waals surface area contributed by atoms with E-state index < -0.39 is 5.60 Å². The van der Waals surface area contributed by atoms with Crippen molar-refractivity contribution in [1.29, 1.82) is 0 Å². The number of hydrogen-bond donors (Lipinski definition) is 0. The summed E-state index contributed by atoms with van der Waals surface area (Å²) < 4.78 is 5.68. The predicted octanol–water partition coefficient (Wildman–Crippen LogP) is 3.15. The molecule has 0 saturated heterocycles. The van der Waals surface area contributed by atoms with Crippen molar-refractivity contribution < 1.29 is 9.53 Å². The van der Waals surface area contributed by atoms with Crippen LogP contribution in [0, 0.1) is 0 Å². The number of halogens is 1. The fraction of sp³-hybridized carbons (Fsp3) is 0.400. The number of ether oxygens (including phenoxy) is 1. The lowest BCUT2D eigenvalue weighted by atomic mass is 10.2. The lowest BCUT2D eigenvalue weighted by Crippen LogP contribution is -2.22. The van der Waals surface area contributed by atoms with Gasteiger partial charge >= 0.3 is 5.97 Å². The molecule has 3 nitrogen and oxygen atoms in total. The molecule has 0 fully saturated rings. The van der Waals surface area contributed by atoms with Crippen molar-refractivity contribution in [2.24, 2.45) is 0 Å². The van der Waals surface area contributed by atoms with E-state index in [2.05, 4.69) is 4.98 Å². The Morgan fingerprint density at radius 2 is 2.27 bits per heavy atom. The molecule has 0 saturated carbocycles. The van der Waals surface area contributed by atoms with E-state index in [1.54, 1.807) is 12.3 Å². The Morgan fingerprint density at radius 1 is 1.60 bits per heavy atom. The van der Waals surface area contributed by atoms with Crippen LogP contribution in [0.2, 0.25) is 4.34 Å². The van der Waals surface area contributed by atoms with Gasteiger partial charge in [0.15, 0.2) is 0 Å². The monoisotopic (exact) mass is 245 g/mol. The van der Waals surface area contributed by atoms with E-state index >= 15 is 0 Å². The van der Waals surface area contributed by atoms with Gasteiger partial charge < -0.3 is 4.74 Å². The van der Waals surface area contributed by atoms with Gasteiger partial charge in [-0.05, 0) is 26.8 Å². The minimum Gasteiger partial charge on any atom is -0.457 e. The maximum atomic E-state index is 11.3. The minimum absolute atomic E-state index is 0.381. The molecule has 1 heterocycles.